The summed E-state index contributed by atoms with van der Waals surface area (Å²) < 4.78 is 13.7. The molecule has 1 N–H and O–H groups in total. The van der Waals surface area contributed by atoms with Crippen molar-refractivity contribution in [2.75, 3.05) is 6.61 Å². The zero-order chi connectivity index (χ0) is 23.5. The van der Waals surface area contributed by atoms with E-state index in [9.17, 15) is 0 Å². The third kappa shape index (κ3) is 5.60. The molecule has 4 aromatic rings. The summed E-state index contributed by atoms with van der Waals surface area (Å²) in [4.78, 5) is 6.60. The van der Waals surface area contributed by atoms with Crippen LogP contribution in [-0.4, -0.2) is 32.5 Å². The molecule has 0 saturated carbocycles. The SMILES string of the molecule is CCCCOc1ccc(C)cc1Sc1c(OC(C)C)nn2[nH]c(-c3cc(Cl)cc(Cl)c3)nc12. The number of unbranched alkanes of at least 4 members (excludes halogenated alkanes) is 1. The van der Waals surface area contributed by atoms with Gasteiger partial charge in [0.15, 0.2) is 11.5 Å². The van der Waals surface area contributed by atoms with Crippen LogP contribution < -0.4 is 9.47 Å². The molecule has 4 rings (SSSR count). The molecule has 0 amide bonds. The molecule has 2 heterocycles. The normalized spacial score (nSPS) is 11.5. The molecule has 0 atom stereocenters. The van der Waals surface area contributed by atoms with E-state index in [1.165, 1.54) is 11.8 Å². The van der Waals surface area contributed by atoms with Crippen LogP contribution in [0.5, 0.6) is 11.6 Å². The van der Waals surface area contributed by atoms with Crippen molar-refractivity contribution in [3.63, 3.8) is 0 Å². The predicted molar refractivity (Wildman–Crippen MR) is 134 cm³/mol. The number of ether oxygens (including phenoxy) is 2. The number of nitrogens with one attached hydrogen (secondary N) is 1. The monoisotopic (exact) mass is 504 g/mol. The van der Waals surface area contributed by atoms with Crippen molar-refractivity contribution >= 4 is 40.6 Å². The fraction of sp³-hybridized carbons (Fsp3) is 0.333. The number of benzene rings is 2. The first-order valence-corrected chi connectivity index (χ1v) is 12.4. The number of fused-ring (bicyclic) bond motifs is 1. The first kappa shape index (κ1) is 23.8. The molecule has 0 fully saturated rings. The van der Waals surface area contributed by atoms with E-state index in [2.05, 4.69) is 36.2 Å². The van der Waals surface area contributed by atoms with E-state index in [0.717, 1.165) is 39.5 Å². The minimum absolute atomic E-state index is 0.0343. The van der Waals surface area contributed by atoms with Gasteiger partial charge in [-0.3, -0.25) is 5.10 Å². The zero-order valence-corrected chi connectivity index (χ0v) is 21.3. The van der Waals surface area contributed by atoms with Crippen LogP contribution in [0.25, 0.3) is 17.0 Å². The minimum Gasteiger partial charge on any atom is -0.492 e. The van der Waals surface area contributed by atoms with E-state index in [-0.39, 0.29) is 6.10 Å². The van der Waals surface area contributed by atoms with Crippen LogP contribution in [0, 0.1) is 6.92 Å². The van der Waals surface area contributed by atoms with E-state index in [4.69, 9.17) is 37.7 Å². The molecular weight excluding hydrogens is 479 g/mol. The summed E-state index contributed by atoms with van der Waals surface area (Å²) in [5.41, 5.74) is 2.58. The van der Waals surface area contributed by atoms with Crippen molar-refractivity contribution in [1.82, 2.24) is 19.8 Å². The van der Waals surface area contributed by atoms with Gasteiger partial charge >= 0.3 is 0 Å². The summed E-state index contributed by atoms with van der Waals surface area (Å²) in [6, 6.07) is 11.5. The van der Waals surface area contributed by atoms with Crippen LogP contribution in [0.3, 0.4) is 0 Å². The maximum absolute atomic E-state index is 6.19. The van der Waals surface area contributed by atoms with Crippen molar-refractivity contribution < 1.29 is 9.47 Å². The molecular formula is C24H26Cl2N4O2S. The number of aromatic nitrogens is 4. The standard InChI is InChI=1S/C24H26Cl2N4O2S/c1-5-6-9-31-19-8-7-15(4)10-20(19)33-21-23-27-22(16-11-17(25)13-18(26)12-16)28-30(23)29-24(21)32-14(2)3/h7-8,10-14H,5-6,9H2,1-4H3,(H,27,28). The number of aromatic amines is 1. The fourth-order valence-electron chi connectivity index (χ4n) is 3.24. The van der Waals surface area contributed by atoms with E-state index in [1.807, 2.05) is 32.0 Å². The van der Waals surface area contributed by atoms with Crippen LogP contribution in [0.2, 0.25) is 10.0 Å². The molecule has 174 valence electrons. The highest BCUT2D eigenvalue weighted by Crippen LogP contribution is 2.42. The van der Waals surface area contributed by atoms with Crippen LogP contribution in [0.4, 0.5) is 0 Å². The van der Waals surface area contributed by atoms with Crippen molar-refractivity contribution in [3.05, 3.63) is 52.0 Å². The van der Waals surface area contributed by atoms with E-state index < -0.39 is 0 Å². The summed E-state index contributed by atoms with van der Waals surface area (Å²) in [6.45, 7) is 8.83. The molecule has 9 heteroatoms. The van der Waals surface area contributed by atoms with Gasteiger partial charge in [0.25, 0.3) is 5.88 Å². The summed E-state index contributed by atoms with van der Waals surface area (Å²) in [5.74, 6) is 1.97. The number of aryl methyl sites for hydroxylation is 1. The third-order valence-electron chi connectivity index (χ3n) is 4.77. The molecule has 0 aliphatic rings. The van der Waals surface area contributed by atoms with Crippen molar-refractivity contribution in [2.45, 2.75) is 56.4 Å². The number of halogens is 2. The second-order valence-electron chi connectivity index (χ2n) is 8.02. The Hall–Kier alpha value is -2.35. The van der Waals surface area contributed by atoms with E-state index >= 15 is 0 Å². The maximum atomic E-state index is 6.19. The lowest BCUT2D eigenvalue weighted by atomic mass is 10.2. The van der Waals surface area contributed by atoms with Gasteiger partial charge in [-0.05, 0) is 63.1 Å². The second kappa shape index (κ2) is 10.3. The smallest absolute Gasteiger partial charge is 0.251 e. The Kier molecular flexibility index (Phi) is 7.41. The lowest BCUT2D eigenvalue weighted by Crippen LogP contribution is -2.07. The van der Waals surface area contributed by atoms with E-state index in [1.54, 1.807) is 10.7 Å². The van der Waals surface area contributed by atoms with Gasteiger partial charge in [-0.1, -0.05) is 54.4 Å². The lowest BCUT2D eigenvalue weighted by molar-refractivity contribution is 0.225. The number of rotatable bonds is 9. The summed E-state index contributed by atoms with van der Waals surface area (Å²) in [6.07, 6.45) is 2.05. The highest BCUT2D eigenvalue weighted by atomic mass is 35.5. The number of hydrogen-bond donors (Lipinski definition) is 1. The summed E-state index contributed by atoms with van der Waals surface area (Å²) in [5, 5.41) is 8.90. The van der Waals surface area contributed by atoms with Crippen LogP contribution >= 0.6 is 35.0 Å². The molecule has 33 heavy (non-hydrogen) atoms. The zero-order valence-electron chi connectivity index (χ0n) is 19.0. The highest BCUT2D eigenvalue weighted by molar-refractivity contribution is 7.99. The molecule has 0 saturated heterocycles. The molecule has 2 aromatic carbocycles. The molecule has 0 radical (unpaired) electrons. The molecule has 0 aliphatic carbocycles. The van der Waals surface area contributed by atoms with Gasteiger partial charge in [0.1, 0.15) is 10.6 Å². The quantitative estimate of drug-likeness (QED) is 0.239. The first-order valence-electron chi connectivity index (χ1n) is 10.9. The number of hydrogen-bond acceptors (Lipinski definition) is 5. The molecule has 0 bridgehead atoms. The van der Waals surface area contributed by atoms with Gasteiger partial charge in [-0.2, -0.15) is 0 Å². The summed E-state index contributed by atoms with van der Waals surface area (Å²) in [7, 11) is 0. The van der Waals surface area contributed by atoms with Gasteiger partial charge in [0, 0.05) is 15.6 Å². The number of H-pyrrole nitrogens is 1. The molecule has 0 unspecified atom stereocenters. The Bertz CT molecular complexity index is 1250. The molecule has 2 aromatic heterocycles. The molecule has 0 aliphatic heterocycles. The van der Waals surface area contributed by atoms with Crippen LogP contribution in [0.15, 0.2) is 46.2 Å². The molecule has 0 spiro atoms. The van der Waals surface area contributed by atoms with Crippen molar-refractivity contribution in [3.8, 4) is 23.0 Å². The minimum atomic E-state index is -0.0343. The number of nitrogens with zero attached hydrogens (tertiary/aromatic N) is 3. The predicted octanol–water partition coefficient (Wildman–Crippen LogP) is 7.46. The average Bonchev–Trinajstić information content (AvgIpc) is 3.28. The largest absolute Gasteiger partial charge is 0.492 e. The van der Waals surface area contributed by atoms with E-state index in [0.29, 0.717) is 34.0 Å². The van der Waals surface area contributed by atoms with Gasteiger partial charge in [-0.25, -0.2) is 4.98 Å². The van der Waals surface area contributed by atoms with Crippen LogP contribution in [-0.2, 0) is 0 Å². The summed E-state index contributed by atoms with van der Waals surface area (Å²) >= 11 is 13.9. The van der Waals surface area contributed by atoms with Gasteiger partial charge < -0.3 is 9.47 Å². The van der Waals surface area contributed by atoms with Crippen molar-refractivity contribution in [1.29, 1.82) is 0 Å². The first-order chi connectivity index (χ1) is 15.8. The van der Waals surface area contributed by atoms with Crippen molar-refractivity contribution in [2.24, 2.45) is 0 Å². The van der Waals surface area contributed by atoms with Gasteiger partial charge in [0.05, 0.1) is 17.6 Å². The third-order valence-corrected chi connectivity index (χ3v) is 6.31. The highest BCUT2D eigenvalue weighted by Gasteiger charge is 2.22. The van der Waals surface area contributed by atoms with Gasteiger partial charge in [-0.15, -0.1) is 9.73 Å². The fourth-order valence-corrected chi connectivity index (χ4v) is 4.86. The molecule has 6 nitrogen and oxygen atoms in total. The van der Waals surface area contributed by atoms with Crippen LogP contribution in [0.1, 0.15) is 39.2 Å². The van der Waals surface area contributed by atoms with Gasteiger partial charge in [0.2, 0.25) is 0 Å². The topological polar surface area (TPSA) is 64.4 Å². The average molecular weight is 505 g/mol. The Morgan fingerprint density at radius 3 is 2.58 bits per heavy atom. The Labute approximate surface area is 207 Å². The second-order valence-corrected chi connectivity index (χ2v) is 9.95. The lowest BCUT2D eigenvalue weighted by Gasteiger charge is -2.13. The Morgan fingerprint density at radius 1 is 1.12 bits per heavy atom. The Morgan fingerprint density at radius 2 is 1.88 bits per heavy atom. The maximum Gasteiger partial charge on any atom is 0.251 e. The Balaban J connectivity index is 1.77.